The molecule has 4 N–H and O–H groups in total. The first-order valence-corrected chi connectivity index (χ1v) is 15.1. The predicted octanol–water partition coefficient (Wildman–Crippen LogP) is 3.31. The van der Waals surface area contributed by atoms with E-state index < -0.39 is 48.6 Å². The van der Waals surface area contributed by atoms with Crippen molar-refractivity contribution in [1.29, 1.82) is 0 Å². The molecule has 10 heteroatoms. The van der Waals surface area contributed by atoms with Gasteiger partial charge in [-0.3, -0.25) is 0 Å². The van der Waals surface area contributed by atoms with Crippen LogP contribution >= 0.6 is 0 Å². The number of ether oxygens (including phenoxy) is 4. The van der Waals surface area contributed by atoms with E-state index in [4.69, 9.17) is 18.9 Å². The molecule has 1 heterocycles. The zero-order chi connectivity index (χ0) is 29.7. The molecule has 1 aliphatic heterocycles. The van der Waals surface area contributed by atoms with Crippen molar-refractivity contribution in [3.63, 3.8) is 0 Å². The van der Waals surface area contributed by atoms with Crippen molar-refractivity contribution >= 4 is 11.9 Å². The number of aliphatic hydroxyl groups excluding tert-OH is 4. The van der Waals surface area contributed by atoms with E-state index in [1.54, 1.807) is 13.8 Å². The third-order valence-electron chi connectivity index (χ3n) is 7.72. The summed E-state index contributed by atoms with van der Waals surface area (Å²) in [6.07, 6.45) is 4.84. The highest BCUT2D eigenvalue weighted by Crippen LogP contribution is 2.35. The summed E-state index contributed by atoms with van der Waals surface area (Å²) in [5.74, 6) is -1.05. The van der Waals surface area contributed by atoms with Crippen LogP contribution in [0.2, 0.25) is 0 Å². The van der Waals surface area contributed by atoms with Gasteiger partial charge in [0.25, 0.3) is 0 Å². The SMILES string of the molecule is CCC(O)CC(O)CC(O)CC(C)OC(=O)/C=C\C(=O)OC(CC)CC(O)CC1CC(C)OC(C2CCCC2)O1. The first kappa shape index (κ1) is 34.6. The van der Waals surface area contributed by atoms with Gasteiger partial charge in [0.2, 0.25) is 0 Å². The van der Waals surface area contributed by atoms with Crippen LogP contribution in [0.5, 0.6) is 0 Å². The highest BCUT2D eigenvalue weighted by Gasteiger charge is 2.35. The third kappa shape index (κ3) is 13.4. The fraction of sp³-hybridized carbons (Fsp3) is 0.867. The molecule has 0 bridgehead atoms. The van der Waals surface area contributed by atoms with E-state index in [0.29, 0.717) is 31.6 Å². The van der Waals surface area contributed by atoms with E-state index in [0.717, 1.165) is 25.0 Å². The second-order valence-electron chi connectivity index (χ2n) is 11.6. The Morgan fingerprint density at radius 3 is 2.05 bits per heavy atom. The second-order valence-corrected chi connectivity index (χ2v) is 11.6. The highest BCUT2D eigenvalue weighted by molar-refractivity contribution is 5.91. The Morgan fingerprint density at radius 1 is 0.825 bits per heavy atom. The Balaban J connectivity index is 1.71. The van der Waals surface area contributed by atoms with Crippen molar-refractivity contribution in [3.8, 4) is 0 Å². The summed E-state index contributed by atoms with van der Waals surface area (Å²) >= 11 is 0. The molecular formula is C30H52O10. The molecule has 0 spiro atoms. The molecule has 0 aromatic carbocycles. The summed E-state index contributed by atoms with van der Waals surface area (Å²) in [6, 6.07) is 0. The topological polar surface area (TPSA) is 152 Å². The van der Waals surface area contributed by atoms with Crippen molar-refractivity contribution in [2.24, 2.45) is 5.92 Å². The maximum absolute atomic E-state index is 12.3. The number of carbonyl (C=O) groups excluding carboxylic acids is 2. The Morgan fingerprint density at radius 2 is 1.43 bits per heavy atom. The molecule has 0 aromatic heterocycles. The molecular weight excluding hydrogens is 520 g/mol. The fourth-order valence-corrected chi connectivity index (χ4v) is 5.53. The fourth-order valence-electron chi connectivity index (χ4n) is 5.53. The average Bonchev–Trinajstić information content (AvgIpc) is 3.41. The summed E-state index contributed by atoms with van der Waals surface area (Å²) < 4.78 is 22.8. The molecule has 1 saturated carbocycles. The lowest BCUT2D eigenvalue weighted by atomic mass is 9.98. The molecule has 0 aromatic rings. The van der Waals surface area contributed by atoms with Gasteiger partial charge in [0, 0.05) is 30.9 Å². The minimum atomic E-state index is -0.907. The molecule has 0 amide bonds. The van der Waals surface area contributed by atoms with Crippen molar-refractivity contribution in [2.75, 3.05) is 0 Å². The van der Waals surface area contributed by atoms with Crippen molar-refractivity contribution in [2.45, 2.75) is 160 Å². The van der Waals surface area contributed by atoms with Crippen LogP contribution in [0.4, 0.5) is 0 Å². The molecule has 2 aliphatic rings. The summed E-state index contributed by atoms with van der Waals surface area (Å²) in [7, 11) is 0. The van der Waals surface area contributed by atoms with Crippen molar-refractivity contribution < 1.29 is 49.0 Å². The molecule has 9 atom stereocenters. The molecule has 232 valence electrons. The van der Waals surface area contributed by atoms with Crippen molar-refractivity contribution in [3.05, 3.63) is 12.2 Å². The normalized spacial score (nSPS) is 26.6. The number of hydrogen-bond donors (Lipinski definition) is 4. The van der Waals surface area contributed by atoms with Crippen LogP contribution in [0, 0.1) is 5.92 Å². The minimum Gasteiger partial charge on any atom is -0.459 e. The van der Waals surface area contributed by atoms with E-state index in [2.05, 4.69) is 0 Å². The number of carbonyl (C=O) groups is 2. The van der Waals surface area contributed by atoms with E-state index in [1.165, 1.54) is 12.8 Å². The molecule has 0 radical (unpaired) electrons. The number of aliphatic hydroxyl groups is 4. The van der Waals surface area contributed by atoms with Gasteiger partial charge in [-0.2, -0.15) is 0 Å². The summed E-state index contributed by atoms with van der Waals surface area (Å²) in [5.41, 5.74) is 0. The maximum Gasteiger partial charge on any atom is 0.331 e. The van der Waals surface area contributed by atoms with Gasteiger partial charge in [0.05, 0.1) is 36.6 Å². The Bertz CT molecular complexity index is 768. The first-order chi connectivity index (χ1) is 19.0. The quantitative estimate of drug-likeness (QED) is 0.151. The second kappa shape index (κ2) is 18.1. The monoisotopic (exact) mass is 572 g/mol. The van der Waals surface area contributed by atoms with Gasteiger partial charge in [-0.15, -0.1) is 0 Å². The van der Waals surface area contributed by atoms with Crippen LogP contribution in [0.1, 0.15) is 105 Å². The molecule has 10 nitrogen and oxygen atoms in total. The molecule has 1 saturated heterocycles. The molecule has 2 fully saturated rings. The lowest BCUT2D eigenvalue weighted by Crippen LogP contribution is -2.42. The van der Waals surface area contributed by atoms with E-state index in [1.807, 2.05) is 13.8 Å². The largest absolute Gasteiger partial charge is 0.459 e. The molecule has 40 heavy (non-hydrogen) atoms. The number of rotatable bonds is 17. The van der Waals surface area contributed by atoms with Gasteiger partial charge in [-0.25, -0.2) is 9.59 Å². The van der Waals surface area contributed by atoms with E-state index in [-0.39, 0.29) is 44.2 Å². The van der Waals surface area contributed by atoms with Crippen LogP contribution in [0.25, 0.3) is 0 Å². The molecule has 1 aliphatic carbocycles. The Kier molecular flexibility index (Phi) is 15.7. The van der Waals surface area contributed by atoms with Gasteiger partial charge in [-0.05, 0) is 65.2 Å². The third-order valence-corrected chi connectivity index (χ3v) is 7.72. The smallest absolute Gasteiger partial charge is 0.331 e. The summed E-state index contributed by atoms with van der Waals surface area (Å²) in [4.78, 5) is 24.4. The maximum atomic E-state index is 12.3. The zero-order valence-electron chi connectivity index (χ0n) is 24.7. The lowest BCUT2D eigenvalue weighted by molar-refractivity contribution is -0.262. The van der Waals surface area contributed by atoms with Crippen LogP contribution in [-0.2, 0) is 28.5 Å². The lowest BCUT2D eigenvalue weighted by Gasteiger charge is -2.38. The van der Waals surface area contributed by atoms with Crippen LogP contribution < -0.4 is 0 Å². The molecule has 2 rings (SSSR count). The standard InChI is InChI=1S/C30H52O10/c1-5-22(31)15-24(33)16-23(32)13-19(3)37-28(35)11-12-29(36)39-26(6-2)17-25(34)18-27-14-20(4)38-30(40-27)21-9-7-8-10-21/h11-12,19-27,30-34H,5-10,13-18H2,1-4H3/b12-11-. The van der Waals surface area contributed by atoms with Crippen LogP contribution in [0.15, 0.2) is 12.2 Å². The Labute approximate surface area is 239 Å². The van der Waals surface area contributed by atoms with Gasteiger partial charge in [0.1, 0.15) is 12.2 Å². The Hall–Kier alpha value is -1.56. The van der Waals surface area contributed by atoms with E-state index >= 15 is 0 Å². The van der Waals surface area contributed by atoms with Gasteiger partial charge >= 0.3 is 11.9 Å². The van der Waals surface area contributed by atoms with Crippen LogP contribution in [0.3, 0.4) is 0 Å². The van der Waals surface area contributed by atoms with Gasteiger partial charge in [0.15, 0.2) is 6.29 Å². The predicted molar refractivity (Wildman–Crippen MR) is 148 cm³/mol. The number of hydrogen-bond acceptors (Lipinski definition) is 10. The molecule has 9 unspecified atom stereocenters. The average molecular weight is 573 g/mol. The summed E-state index contributed by atoms with van der Waals surface area (Å²) in [6.45, 7) is 7.30. The minimum absolute atomic E-state index is 0.0617. The number of esters is 2. The van der Waals surface area contributed by atoms with Gasteiger partial charge < -0.3 is 39.4 Å². The highest BCUT2D eigenvalue weighted by atomic mass is 16.7. The summed E-state index contributed by atoms with van der Waals surface area (Å²) in [5, 5.41) is 40.4. The van der Waals surface area contributed by atoms with E-state index in [9.17, 15) is 30.0 Å². The first-order valence-electron chi connectivity index (χ1n) is 15.1. The van der Waals surface area contributed by atoms with Crippen LogP contribution in [-0.4, -0.2) is 87.5 Å². The zero-order valence-corrected chi connectivity index (χ0v) is 24.7. The van der Waals surface area contributed by atoms with Crippen molar-refractivity contribution in [1.82, 2.24) is 0 Å². The van der Waals surface area contributed by atoms with Gasteiger partial charge in [-0.1, -0.05) is 26.7 Å².